The van der Waals surface area contributed by atoms with Crippen LogP contribution in [0.4, 0.5) is 18.9 Å². The van der Waals surface area contributed by atoms with E-state index in [0.717, 1.165) is 6.92 Å². The molecular formula is C23H23F3N2O7. The number of nitrogens with two attached hydrogens (primary N) is 1. The highest BCUT2D eigenvalue weighted by molar-refractivity contribution is 6.25. The number of aromatic hydroxyl groups is 1. The molecule has 4 atom stereocenters. The molecule has 0 heterocycles. The van der Waals surface area contributed by atoms with Crippen molar-refractivity contribution in [1.82, 2.24) is 4.90 Å². The zero-order valence-electron chi connectivity index (χ0n) is 18.9. The van der Waals surface area contributed by atoms with Gasteiger partial charge in [-0.1, -0.05) is 0 Å². The molecule has 12 heteroatoms. The first-order chi connectivity index (χ1) is 16.0. The largest absolute Gasteiger partial charge is 0.508 e. The van der Waals surface area contributed by atoms with Gasteiger partial charge in [-0.2, -0.15) is 13.2 Å². The smallest absolute Gasteiger partial charge is 0.416 e. The number of anilines is 1. The molecule has 0 saturated heterocycles. The molecule has 0 amide bonds. The lowest BCUT2D eigenvalue weighted by molar-refractivity contribution is -0.153. The Hall–Kier alpha value is -3.38. The molecule has 3 aliphatic carbocycles. The summed E-state index contributed by atoms with van der Waals surface area (Å²) in [7, 11) is 2.91. The maximum atomic E-state index is 13.8. The van der Waals surface area contributed by atoms with Crippen LogP contribution >= 0.6 is 0 Å². The van der Waals surface area contributed by atoms with E-state index in [-0.39, 0.29) is 6.42 Å². The maximum Gasteiger partial charge on any atom is 0.416 e. The third-order valence-electron chi connectivity index (χ3n) is 7.16. The van der Waals surface area contributed by atoms with E-state index >= 15 is 0 Å². The number of Topliss-reactive ketones (excluding diaryl/α,β-unsaturated/α-hetero) is 3. The number of nitrogens with zero attached hydrogens (tertiary/aromatic N) is 1. The standard InChI is InChI=1S/C23H23F3N2O7/c1-7(29)13-19(32)16(28(2)3)11-5-8-4-9-10(23(24,25)26)6-12(27)17(30)15(9)18(31)14(8)21(34)22(11,35)20(13)33/h6,8,11,16,30-31,33,35H,4-5,27H2,1-3H3/t8-,11-,16-,22+/m0/s1. The van der Waals surface area contributed by atoms with Gasteiger partial charge in [0, 0.05) is 11.5 Å². The van der Waals surface area contributed by atoms with Gasteiger partial charge in [-0.25, -0.2) is 0 Å². The van der Waals surface area contributed by atoms with Gasteiger partial charge in [0.1, 0.15) is 22.8 Å². The molecular weight excluding hydrogens is 473 g/mol. The van der Waals surface area contributed by atoms with Crippen LogP contribution in [0.25, 0.3) is 5.76 Å². The Morgan fingerprint density at radius 3 is 2.31 bits per heavy atom. The Kier molecular flexibility index (Phi) is 5.34. The number of halogens is 3. The molecule has 1 saturated carbocycles. The summed E-state index contributed by atoms with van der Waals surface area (Å²) < 4.78 is 41.3. The number of aliphatic hydroxyl groups excluding tert-OH is 2. The van der Waals surface area contributed by atoms with Crippen molar-refractivity contribution >= 4 is 28.8 Å². The van der Waals surface area contributed by atoms with Gasteiger partial charge >= 0.3 is 6.18 Å². The molecule has 0 aromatic heterocycles. The van der Waals surface area contributed by atoms with Gasteiger partial charge in [-0.3, -0.25) is 19.3 Å². The fourth-order valence-electron chi connectivity index (χ4n) is 5.69. The first-order valence-corrected chi connectivity index (χ1v) is 10.6. The second kappa shape index (κ2) is 7.56. The SMILES string of the molecule is CC(=O)C1=C(O)[C@@]2(O)C(=O)C3=C(O)c4c(O)c(N)cc(C(F)(F)F)c4C[C@H]3C[C@H]2[C@H](N(C)C)C1=O. The van der Waals surface area contributed by atoms with Crippen molar-refractivity contribution < 1.29 is 48.0 Å². The van der Waals surface area contributed by atoms with E-state index in [1.165, 1.54) is 19.0 Å². The number of hydrogen-bond acceptors (Lipinski definition) is 9. The van der Waals surface area contributed by atoms with E-state index in [0.29, 0.717) is 6.07 Å². The number of nitrogen functional groups attached to an aromatic ring is 1. The van der Waals surface area contributed by atoms with Crippen molar-refractivity contribution in [2.24, 2.45) is 11.8 Å². The van der Waals surface area contributed by atoms with Gasteiger partial charge in [-0.15, -0.1) is 0 Å². The van der Waals surface area contributed by atoms with Crippen LogP contribution in [-0.4, -0.2) is 68.4 Å². The van der Waals surface area contributed by atoms with Crippen LogP contribution in [0, 0.1) is 11.8 Å². The van der Waals surface area contributed by atoms with Gasteiger partial charge in [-0.05, 0) is 51.4 Å². The molecule has 0 radical (unpaired) electrons. The van der Waals surface area contributed by atoms with E-state index in [1.54, 1.807) is 0 Å². The zero-order chi connectivity index (χ0) is 26.4. The summed E-state index contributed by atoms with van der Waals surface area (Å²) in [5.41, 5.74) is -1.61. The fourth-order valence-corrected chi connectivity index (χ4v) is 5.69. The van der Waals surface area contributed by atoms with E-state index < -0.39 is 104 Å². The van der Waals surface area contributed by atoms with Gasteiger partial charge in [0.15, 0.2) is 17.2 Å². The zero-order valence-corrected chi connectivity index (χ0v) is 18.9. The molecule has 0 bridgehead atoms. The molecule has 0 unspecified atom stereocenters. The van der Waals surface area contributed by atoms with Crippen LogP contribution in [0.15, 0.2) is 23.0 Å². The number of aliphatic hydroxyl groups is 3. The predicted octanol–water partition coefficient (Wildman–Crippen LogP) is 1.67. The van der Waals surface area contributed by atoms with Gasteiger partial charge < -0.3 is 26.2 Å². The topological polar surface area (TPSA) is 161 Å². The summed E-state index contributed by atoms with van der Waals surface area (Å²) in [6, 6.07) is -0.723. The average molecular weight is 496 g/mol. The molecule has 3 aliphatic rings. The molecule has 35 heavy (non-hydrogen) atoms. The molecule has 0 aliphatic heterocycles. The lowest BCUT2D eigenvalue weighted by atomic mass is 9.57. The second-order valence-corrected chi connectivity index (χ2v) is 9.37. The number of phenols is 1. The third-order valence-corrected chi connectivity index (χ3v) is 7.16. The molecule has 188 valence electrons. The number of fused-ring (bicyclic) bond motifs is 3. The molecule has 1 aromatic rings. The van der Waals surface area contributed by atoms with Crippen molar-refractivity contribution in [2.75, 3.05) is 19.8 Å². The number of hydrogen-bond donors (Lipinski definition) is 5. The maximum absolute atomic E-state index is 13.8. The van der Waals surface area contributed by atoms with Crippen molar-refractivity contribution in [2.45, 2.75) is 37.6 Å². The van der Waals surface area contributed by atoms with E-state index in [1.807, 2.05) is 0 Å². The molecule has 1 fully saturated rings. The Bertz CT molecular complexity index is 1260. The normalized spacial score (nSPS) is 28.7. The Balaban J connectivity index is 2.02. The molecule has 1 aromatic carbocycles. The quantitative estimate of drug-likeness (QED) is 0.233. The number of rotatable bonds is 2. The number of benzene rings is 1. The second-order valence-electron chi connectivity index (χ2n) is 9.37. The summed E-state index contributed by atoms with van der Waals surface area (Å²) >= 11 is 0. The number of alkyl halides is 3. The van der Waals surface area contributed by atoms with Crippen molar-refractivity contribution in [3.8, 4) is 5.75 Å². The monoisotopic (exact) mass is 496 g/mol. The van der Waals surface area contributed by atoms with Gasteiger partial charge in [0.2, 0.25) is 5.78 Å². The lowest BCUT2D eigenvalue weighted by Gasteiger charge is -2.50. The lowest BCUT2D eigenvalue weighted by Crippen LogP contribution is -2.65. The van der Waals surface area contributed by atoms with Crippen LogP contribution in [0.3, 0.4) is 0 Å². The van der Waals surface area contributed by atoms with Gasteiger partial charge in [0.05, 0.1) is 22.9 Å². The molecule has 6 N–H and O–H groups in total. The summed E-state index contributed by atoms with van der Waals surface area (Å²) in [4.78, 5) is 40.2. The van der Waals surface area contributed by atoms with Crippen molar-refractivity contribution in [1.29, 1.82) is 0 Å². The molecule has 9 nitrogen and oxygen atoms in total. The van der Waals surface area contributed by atoms with E-state index in [9.17, 15) is 48.0 Å². The highest BCUT2D eigenvalue weighted by atomic mass is 19.4. The number of phenolic OH excluding ortho intramolecular Hbond substituents is 1. The Labute approximate surface area is 196 Å². The number of ketones is 3. The van der Waals surface area contributed by atoms with Gasteiger partial charge in [0.25, 0.3) is 0 Å². The Morgan fingerprint density at radius 1 is 1.20 bits per heavy atom. The summed E-state index contributed by atoms with van der Waals surface area (Å²) in [5.74, 6) is -8.48. The van der Waals surface area contributed by atoms with Crippen LogP contribution < -0.4 is 5.73 Å². The predicted molar refractivity (Wildman–Crippen MR) is 115 cm³/mol. The third kappa shape index (κ3) is 3.19. The van der Waals surface area contributed by atoms with Crippen LogP contribution in [-0.2, 0) is 27.0 Å². The fraction of sp³-hybridized carbons (Fsp3) is 0.435. The van der Waals surface area contributed by atoms with Crippen LogP contribution in [0.2, 0.25) is 0 Å². The van der Waals surface area contributed by atoms with E-state index in [4.69, 9.17) is 5.73 Å². The average Bonchev–Trinajstić information content (AvgIpc) is 2.71. The summed E-state index contributed by atoms with van der Waals surface area (Å²) in [6.07, 6.45) is -5.64. The minimum Gasteiger partial charge on any atom is -0.508 e. The minimum atomic E-state index is -4.90. The highest BCUT2D eigenvalue weighted by Gasteiger charge is 2.64. The first kappa shape index (κ1) is 24.7. The Morgan fingerprint density at radius 2 is 1.80 bits per heavy atom. The molecule has 0 spiro atoms. The number of likely N-dealkylation sites (N-methyl/N-ethyl adjacent to an activating group) is 1. The summed E-state index contributed by atoms with van der Waals surface area (Å²) in [6.45, 7) is 0.975. The van der Waals surface area contributed by atoms with Crippen molar-refractivity contribution in [3.05, 3.63) is 39.7 Å². The van der Waals surface area contributed by atoms with Crippen molar-refractivity contribution in [3.63, 3.8) is 0 Å². The first-order valence-electron chi connectivity index (χ1n) is 10.6. The number of carbonyl (C=O) groups excluding carboxylic acids is 3. The summed E-state index contributed by atoms with van der Waals surface area (Å²) in [5, 5.41) is 43.6. The van der Waals surface area contributed by atoms with E-state index in [2.05, 4.69) is 0 Å². The molecule has 4 rings (SSSR count). The number of carbonyl (C=O) groups is 3. The minimum absolute atomic E-state index is 0.284. The van der Waals surface area contributed by atoms with Crippen LogP contribution in [0.1, 0.15) is 30.0 Å². The van der Waals surface area contributed by atoms with Crippen LogP contribution in [0.5, 0.6) is 5.75 Å². The highest BCUT2D eigenvalue weighted by Crippen LogP contribution is 2.54.